The predicted octanol–water partition coefficient (Wildman–Crippen LogP) is 2.41. The number of carbonyl (C=O) groups excluding carboxylic acids is 1. The lowest BCUT2D eigenvalue weighted by Gasteiger charge is -2.07. The van der Waals surface area contributed by atoms with Crippen molar-refractivity contribution in [2.75, 3.05) is 0 Å². The molecule has 1 radical (unpaired) electrons. The quantitative estimate of drug-likeness (QED) is 0.769. The first-order valence-corrected chi connectivity index (χ1v) is 3.90. The van der Waals surface area contributed by atoms with Crippen LogP contribution in [-0.2, 0) is 17.4 Å². The Balaban J connectivity index is 3.12. The van der Waals surface area contributed by atoms with Crippen molar-refractivity contribution in [3.05, 3.63) is 28.5 Å². The van der Waals surface area contributed by atoms with E-state index in [1.807, 2.05) is 0 Å². The zero-order valence-electron chi connectivity index (χ0n) is 6.73. The maximum absolute atomic E-state index is 12.1. The Morgan fingerprint density at radius 3 is 2.57 bits per heavy atom. The molecule has 0 bridgehead atoms. The molecule has 0 fully saturated rings. The van der Waals surface area contributed by atoms with Crippen molar-refractivity contribution in [1.82, 2.24) is 4.98 Å². The van der Waals surface area contributed by atoms with Gasteiger partial charge in [0.1, 0.15) is 5.69 Å². The number of pyridine rings is 1. The Morgan fingerprint density at radius 1 is 1.43 bits per heavy atom. The van der Waals surface area contributed by atoms with Crippen LogP contribution in [0.3, 0.4) is 0 Å². The maximum Gasteiger partial charge on any atom is 0.433 e. The molecule has 1 aromatic heterocycles. The highest BCUT2D eigenvalue weighted by Gasteiger charge is 2.32. The zero-order chi connectivity index (χ0) is 10.8. The van der Waals surface area contributed by atoms with E-state index in [0.717, 1.165) is 12.1 Å². The van der Waals surface area contributed by atoms with Gasteiger partial charge < -0.3 is 0 Å². The van der Waals surface area contributed by atoms with Gasteiger partial charge in [0, 0.05) is 0 Å². The molecule has 75 valence electrons. The van der Waals surface area contributed by atoms with Crippen molar-refractivity contribution in [2.45, 2.75) is 12.6 Å². The second kappa shape index (κ2) is 3.96. The molecular weight excluding hydrogens is 219 g/mol. The van der Waals surface area contributed by atoms with Gasteiger partial charge in [-0.3, -0.25) is 4.79 Å². The standard InChI is InChI=1S/C8H4ClF3NO/c9-5-1-2-7(8(10,11)12)13-6(5)3-4-14/h1-2H,3H2. The van der Waals surface area contributed by atoms with Crippen molar-refractivity contribution >= 4 is 17.9 Å². The monoisotopic (exact) mass is 222 g/mol. The predicted molar refractivity (Wildman–Crippen MR) is 43.6 cm³/mol. The van der Waals surface area contributed by atoms with Gasteiger partial charge in [0.15, 0.2) is 0 Å². The van der Waals surface area contributed by atoms with E-state index in [1.165, 1.54) is 6.29 Å². The molecule has 0 spiro atoms. The van der Waals surface area contributed by atoms with Crippen LogP contribution in [-0.4, -0.2) is 11.3 Å². The molecule has 0 unspecified atom stereocenters. The van der Waals surface area contributed by atoms with Gasteiger partial charge in [0.05, 0.1) is 17.1 Å². The third-order valence-corrected chi connectivity index (χ3v) is 1.79. The minimum absolute atomic E-state index is 0.0290. The Kier molecular flexibility index (Phi) is 3.10. The molecule has 2 nitrogen and oxygen atoms in total. The van der Waals surface area contributed by atoms with Crippen LogP contribution in [0, 0.1) is 0 Å². The minimum atomic E-state index is -4.53. The van der Waals surface area contributed by atoms with Crippen LogP contribution in [0.25, 0.3) is 0 Å². The summed E-state index contributed by atoms with van der Waals surface area (Å²) < 4.78 is 36.4. The smallest absolute Gasteiger partial charge is 0.290 e. The summed E-state index contributed by atoms with van der Waals surface area (Å²) in [7, 11) is 0. The van der Waals surface area contributed by atoms with Gasteiger partial charge >= 0.3 is 6.18 Å². The first kappa shape index (κ1) is 11.0. The van der Waals surface area contributed by atoms with E-state index in [1.54, 1.807) is 0 Å². The number of hydrogen-bond donors (Lipinski definition) is 0. The number of halogens is 4. The topological polar surface area (TPSA) is 30.0 Å². The van der Waals surface area contributed by atoms with Gasteiger partial charge in [0.25, 0.3) is 0 Å². The van der Waals surface area contributed by atoms with Gasteiger partial charge in [-0.25, -0.2) is 4.98 Å². The molecule has 0 aromatic carbocycles. The van der Waals surface area contributed by atoms with Gasteiger partial charge in [-0.2, -0.15) is 13.2 Å². The van der Waals surface area contributed by atoms with Crippen LogP contribution in [0.5, 0.6) is 0 Å². The molecule has 0 aliphatic rings. The number of hydrogen-bond acceptors (Lipinski definition) is 2. The molecule has 1 rings (SSSR count). The molecule has 1 heterocycles. The molecule has 0 aliphatic heterocycles. The third kappa shape index (κ3) is 2.45. The highest BCUT2D eigenvalue weighted by Crippen LogP contribution is 2.29. The Bertz CT molecular complexity index is 351. The fraction of sp³-hybridized carbons (Fsp3) is 0.250. The first-order chi connectivity index (χ1) is 6.45. The van der Waals surface area contributed by atoms with E-state index >= 15 is 0 Å². The summed E-state index contributed by atoms with van der Waals surface area (Å²) in [6, 6.07) is 1.82. The summed E-state index contributed by atoms with van der Waals surface area (Å²) >= 11 is 5.52. The van der Waals surface area contributed by atoms with Gasteiger partial charge in [0.2, 0.25) is 6.29 Å². The molecule has 0 atom stereocenters. The summed E-state index contributed by atoms with van der Waals surface area (Å²) in [6.07, 6.45) is -3.43. The molecule has 1 aromatic rings. The zero-order valence-corrected chi connectivity index (χ0v) is 7.49. The van der Waals surface area contributed by atoms with E-state index in [2.05, 4.69) is 4.98 Å². The maximum atomic E-state index is 12.1. The fourth-order valence-corrected chi connectivity index (χ4v) is 1.01. The summed E-state index contributed by atoms with van der Waals surface area (Å²) in [4.78, 5) is 13.2. The second-order valence-electron chi connectivity index (χ2n) is 2.44. The number of nitrogens with zero attached hydrogens (tertiary/aromatic N) is 1. The number of aromatic nitrogens is 1. The van der Waals surface area contributed by atoms with Crippen LogP contribution in [0.2, 0.25) is 5.02 Å². The highest BCUT2D eigenvalue weighted by atomic mass is 35.5. The Labute approximate surface area is 82.7 Å². The van der Waals surface area contributed by atoms with Crippen molar-refractivity contribution in [1.29, 1.82) is 0 Å². The van der Waals surface area contributed by atoms with Crippen LogP contribution in [0.15, 0.2) is 12.1 Å². The van der Waals surface area contributed by atoms with Gasteiger partial charge in [-0.1, -0.05) is 11.6 Å². The highest BCUT2D eigenvalue weighted by molar-refractivity contribution is 6.31. The average Bonchev–Trinajstić information content (AvgIpc) is 2.07. The Morgan fingerprint density at radius 2 is 2.07 bits per heavy atom. The molecule has 0 saturated heterocycles. The summed E-state index contributed by atoms with van der Waals surface area (Å²) in [5.74, 6) is 0. The van der Waals surface area contributed by atoms with Crippen molar-refractivity contribution in [3.63, 3.8) is 0 Å². The molecule has 6 heteroatoms. The lowest BCUT2D eigenvalue weighted by molar-refractivity contribution is -0.141. The lowest BCUT2D eigenvalue weighted by Crippen LogP contribution is -2.09. The molecule has 0 saturated carbocycles. The van der Waals surface area contributed by atoms with Crippen LogP contribution in [0.4, 0.5) is 13.2 Å². The molecule has 14 heavy (non-hydrogen) atoms. The summed E-state index contributed by atoms with van der Waals surface area (Å²) in [5.41, 5.74) is -1.18. The third-order valence-electron chi connectivity index (χ3n) is 1.45. The Hall–Kier alpha value is -1.10. The van der Waals surface area contributed by atoms with Gasteiger partial charge in [-0.05, 0) is 12.1 Å². The van der Waals surface area contributed by atoms with Crippen molar-refractivity contribution in [2.24, 2.45) is 0 Å². The largest absolute Gasteiger partial charge is 0.433 e. The van der Waals surface area contributed by atoms with E-state index in [0.29, 0.717) is 0 Å². The normalized spacial score (nSPS) is 11.4. The van der Waals surface area contributed by atoms with E-state index in [4.69, 9.17) is 11.6 Å². The fourth-order valence-electron chi connectivity index (χ4n) is 0.835. The molecule has 0 N–H and O–H groups in total. The summed E-state index contributed by atoms with van der Waals surface area (Å²) in [5, 5.41) is 0.0290. The van der Waals surface area contributed by atoms with Crippen LogP contribution < -0.4 is 0 Å². The lowest BCUT2D eigenvalue weighted by atomic mass is 10.2. The second-order valence-corrected chi connectivity index (χ2v) is 2.85. The van der Waals surface area contributed by atoms with Crippen LogP contribution >= 0.6 is 11.6 Å². The SMILES string of the molecule is O=[C]Cc1nc(C(F)(F)F)ccc1Cl. The van der Waals surface area contributed by atoms with E-state index in [-0.39, 0.29) is 17.1 Å². The first-order valence-electron chi connectivity index (χ1n) is 3.53. The van der Waals surface area contributed by atoms with Gasteiger partial charge in [-0.15, -0.1) is 0 Å². The van der Waals surface area contributed by atoms with E-state index < -0.39 is 11.9 Å². The van der Waals surface area contributed by atoms with Crippen molar-refractivity contribution in [3.8, 4) is 0 Å². The molecular formula is C8H4ClF3NO. The number of alkyl halides is 3. The van der Waals surface area contributed by atoms with E-state index in [9.17, 15) is 18.0 Å². The van der Waals surface area contributed by atoms with Crippen LogP contribution in [0.1, 0.15) is 11.4 Å². The molecule has 0 aliphatic carbocycles. The average molecular weight is 223 g/mol. The number of rotatable bonds is 2. The molecule has 0 amide bonds. The summed E-state index contributed by atoms with van der Waals surface area (Å²) in [6.45, 7) is 0. The van der Waals surface area contributed by atoms with Crippen molar-refractivity contribution < 1.29 is 18.0 Å². The minimum Gasteiger partial charge on any atom is -0.290 e.